The van der Waals surface area contributed by atoms with Crippen molar-refractivity contribution in [1.82, 2.24) is 4.31 Å². The molecule has 0 saturated carbocycles. The van der Waals surface area contributed by atoms with E-state index in [1.165, 1.54) is 26.4 Å². The van der Waals surface area contributed by atoms with E-state index in [9.17, 15) is 13.2 Å². The molecule has 168 valence electrons. The van der Waals surface area contributed by atoms with Crippen LogP contribution >= 0.6 is 15.9 Å². The van der Waals surface area contributed by atoms with Crippen LogP contribution in [-0.2, 0) is 21.4 Å². The Balaban J connectivity index is 1.97. The van der Waals surface area contributed by atoms with Crippen LogP contribution in [0.15, 0.2) is 82.2 Å². The fourth-order valence-corrected chi connectivity index (χ4v) is 4.99. The van der Waals surface area contributed by atoms with Crippen LogP contribution in [-0.4, -0.2) is 39.4 Å². The number of anilines is 1. The van der Waals surface area contributed by atoms with Gasteiger partial charge in [-0.15, -0.1) is 0 Å². The summed E-state index contributed by atoms with van der Waals surface area (Å²) >= 11 is 3.38. The first-order valence-corrected chi connectivity index (χ1v) is 11.9. The number of nitrogens with zero attached hydrogens (tertiary/aromatic N) is 1. The lowest BCUT2D eigenvalue weighted by Crippen LogP contribution is -2.37. The highest BCUT2D eigenvalue weighted by molar-refractivity contribution is 9.10. The summed E-state index contributed by atoms with van der Waals surface area (Å²) in [5, 5.41) is 2.75. The number of methoxy groups -OCH3 is 2. The Kier molecular flexibility index (Phi) is 7.89. The molecule has 9 heteroatoms. The molecule has 7 nitrogen and oxygen atoms in total. The zero-order valence-corrected chi connectivity index (χ0v) is 20.0. The second-order valence-electron chi connectivity index (χ2n) is 6.80. The van der Waals surface area contributed by atoms with Crippen LogP contribution in [0.3, 0.4) is 0 Å². The highest BCUT2D eigenvalue weighted by atomic mass is 79.9. The molecule has 0 aliphatic carbocycles. The zero-order valence-electron chi connectivity index (χ0n) is 17.6. The molecule has 0 aliphatic heterocycles. The van der Waals surface area contributed by atoms with Crippen molar-refractivity contribution < 1.29 is 22.7 Å². The fraction of sp³-hybridized carbons (Fsp3) is 0.174. The van der Waals surface area contributed by atoms with E-state index < -0.39 is 15.9 Å². The average molecular weight is 519 g/mol. The molecule has 0 unspecified atom stereocenters. The highest BCUT2D eigenvalue weighted by Crippen LogP contribution is 2.31. The maximum Gasteiger partial charge on any atom is 0.247 e. The summed E-state index contributed by atoms with van der Waals surface area (Å²) in [4.78, 5) is 12.7. The number of carbonyl (C=O) groups excluding carboxylic acids is 1. The van der Waals surface area contributed by atoms with Gasteiger partial charge in [-0.3, -0.25) is 4.79 Å². The highest BCUT2D eigenvalue weighted by Gasteiger charge is 2.30. The first-order chi connectivity index (χ1) is 15.3. The van der Waals surface area contributed by atoms with Gasteiger partial charge in [0, 0.05) is 17.1 Å². The van der Waals surface area contributed by atoms with Crippen LogP contribution in [0.2, 0.25) is 0 Å². The molecule has 0 bridgehead atoms. The largest absolute Gasteiger partial charge is 0.497 e. The second kappa shape index (κ2) is 10.6. The summed E-state index contributed by atoms with van der Waals surface area (Å²) in [5.41, 5.74) is 1.29. The molecule has 3 rings (SSSR count). The van der Waals surface area contributed by atoms with Crippen molar-refractivity contribution in [3.05, 3.63) is 82.8 Å². The van der Waals surface area contributed by atoms with Crippen LogP contribution in [0, 0.1) is 0 Å². The van der Waals surface area contributed by atoms with Crippen molar-refractivity contribution in [2.45, 2.75) is 11.4 Å². The molecule has 0 atom stereocenters. The predicted octanol–water partition coefficient (Wildman–Crippen LogP) is 4.30. The van der Waals surface area contributed by atoms with Gasteiger partial charge in [0.05, 0.1) is 26.5 Å². The molecular formula is C23H23BrN2O5S. The van der Waals surface area contributed by atoms with E-state index in [2.05, 4.69) is 21.2 Å². The van der Waals surface area contributed by atoms with Crippen molar-refractivity contribution >= 4 is 37.5 Å². The number of hydrogen-bond donors (Lipinski definition) is 1. The number of rotatable bonds is 9. The van der Waals surface area contributed by atoms with Gasteiger partial charge in [-0.05, 0) is 45.8 Å². The minimum Gasteiger partial charge on any atom is -0.497 e. The lowest BCUT2D eigenvalue weighted by atomic mass is 10.2. The van der Waals surface area contributed by atoms with Gasteiger partial charge >= 0.3 is 0 Å². The summed E-state index contributed by atoms with van der Waals surface area (Å²) in [6.45, 7) is -0.383. The molecule has 1 N–H and O–H groups in total. The number of ether oxygens (including phenoxy) is 2. The monoisotopic (exact) mass is 518 g/mol. The number of amides is 1. The molecule has 0 fully saturated rings. The van der Waals surface area contributed by atoms with Crippen LogP contribution in [0.4, 0.5) is 5.69 Å². The number of sulfonamides is 1. The summed E-state index contributed by atoms with van der Waals surface area (Å²) < 4.78 is 39.6. The number of carbonyl (C=O) groups is 1. The van der Waals surface area contributed by atoms with Crippen LogP contribution < -0.4 is 14.8 Å². The normalized spacial score (nSPS) is 11.2. The van der Waals surface area contributed by atoms with Gasteiger partial charge in [-0.2, -0.15) is 4.31 Å². The third-order valence-electron chi connectivity index (χ3n) is 4.66. The van der Waals surface area contributed by atoms with E-state index >= 15 is 0 Å². The summed E-state index contributed by atoms with van der Waals surface area (Å²) in [6.07, 6.45) is 0. The molecule has 0 heterocycles. The molecule has 0 aliphatic rings. The fourth-order valence-electron chi connectivity index (χ4n) is 3.05. The van der Waals surface area contributed by atoms with E-state index in [0.717, 1.165) is 9.87 Å². The smallest absolute Gasteiger partial charge is 0.247 e. The van der Waals surface area contributed by atoms with Crippen molar-refractivity contribution in [2.75, 3.05) is 26.1 Å². The molecule has 0 aromatic heterocycles. The van der Waals surface area contributed by atoms with Gasteiger partial charge in [0.25, 0.3) is 0 Å². The van der Waals surface area contributed by atoms with E-state index in [1.54, 1.807) is 36.4 Å². The Bertz CT molecular complexity index is 1190. The number of nitrogens with one attached hydrogen (secondary N) is 1. The molecule has 1 amide bonds. The Labute approximate surface area is 196 Å². The minimum atomic E-state index is -4.12. The molecule has 0 spiro atoms. The molecule has 3 aromatic carbocycles. The van der Waals surface area contributed by atoms with Crippen LogP contribution in [0.1, 0.15) is 5.56 Å². The van der Waals surface area contributed by atoms with Gasteiger partial charge in [0.2, 0.25) is 15.9 Å². The van der Waals surface area contributed by atoms with Gasteiger partial charge in [-0.1, -0.05) is 42.5 Å². The van der Waals surface area contributed by atoms with Crippen LogP contribution in [0.5, 0.6) is 11.5 Å². The number of benzene rings is 3. The maximum absolute atomic E-state index is 13.6. The van der Waals surface area contributed by atoms with Gasteiger partial charge in [0.15, 0.2) is 0 Å². The second-order valence-corrected chi connectivity index (χ2v) is 9.56. The Morgan fingerprint density at radius 2 is 1.66 bits per heavy atom. The summed E-state index contributed by atoms with van der Waals surface area (Å²) in [5.74, 6) is 0.0510. The minimum absolute atomic E-state index is 0.00686. The number of para-hydroxylation sites is 1. The van der Waals surface area contributed by atoms with E-state index in [1.807, 2.05) is 24.3 Å². The SMILES string of the molecule is COc1ccc(OC)c(S(=O)(=O)N(CC(=O)Nc2ccccc2Br)Cc2ccccc2)c1. The lowest BCUT2D eigenvalue weighted by Gasteiger charge is -2.23. The molecular weight excluding hydrogens is 496 g/mol. The molecule has 32 heavy (non-hydrogen) atoms. The lowest BCUT2D eigenvalue weighted by molar-refractivity contribution is -0.116. The van der Waals surface area contributed by atoms with E-state index in [4.69, 9.17) is 9.47 Å². The van der Waals surface area contributed by atoms with Gasteiger partial charge in [0.1, 0.15) is 16.4 Å². The quantitative estimate of drug-likeness (QED) is 0.456. The summed E-state index contributed by atoms with van der Waals surface area (Å²) in [7, 11) is -1.28. The van der Waals surface area contributed by atoms with E-state index in [-0.39, 0.29) is 23.7 Å². The van der Waals surface area contributed by atoms with E-state index in [0.29, 0.717) is 15.9 Å². The molecule has 0 saturated heterocycles. The Morgan fingerprint density at radius 3 is 2.31 bits per heavy atom. The van der Waals surface area contributed by atoms with Crippen LogP contribution in [0.25, 0.3) is 0 Å². The molecule has 3 aromatic rings. The van der Waals surface area contributed by atoms with Crippen molar-refractivity contribution in [1.29, 1.82) is 0 Å². The Hall–Kier alpha value is -2.88. The zero-order chi connectivity index (χ0) is 23.1. The van der Waals surface area contributed by atoms with Crippen molar-refractivity contribution in [2.24, 2.45) is 0 Å². The third-order valence-corrected chi connectivity index (χ3v) is 7.16. The van der Waals surface area contributed by atoms with Crippen molar-refractivity contribution in [3.8, 4) is 11.5 Å². The number of hydrogen-bond acceptors (Lipinski definition) is 5. The van der Waals surface area contributed by atoms with Crippen molar-refractivity contribution in [3.63, 3.8) is 0 Å². The standard InChI is InChI=1S/C23H23BrN2O5S/c1-30-18-12-13-21(31-2)22(14-18)32(28,29)26(15-17-8-4-3-5-9-17)16-23(27)25-20-11-7-6-10-19(20)24/h3-14H,15-16H2,1-2H3,(H,25,27). The van der Waals surface area contributed by atoms with Gasteiger partial charge in [-0.25, -0.2) is 8.42 Å². The Morgan fingerprint density at radius 1 is 0.969 bits per heavy atom. The predicted molar refractivity (Wildman–Crippen MR) is 126 cm³/mol. The topological polar surface area (TPSA) is 84.9 Å². The summed E-state index contributed by atoms with van der Waals surface area (Å²) in [6, 6.07) is 20.7. The first-order valence-electron chi connectivity index (χ1n) is 9.65. The number of halogens is 1. The third kappa shape index (κ3) is 5.67. The molecule has 0 radical (unpaired) electrons. The maximum atomic E-state index is 13.6. The average Bonchev–Trinajstić information content (AvgIpc) is 2.80. The van der Waals surface area contributed by atoms with Gasteiger partial charge < -0.3 is 14.8 Å². The first kappa shape index (κ1) is 23.8.